The van der Waals surface area contributed by atoms with Crippen LogP contribution in [0.2, 0.25) is 0 Å². The Balaban J connectivity index is 1.66. The van der Waals surface area contributed by atoms with Crippen LogP contribution in [0.1, 0.15) is 23.5 Å². The minimum absolute atomic E-state index is 0.122. The number of carboxylic acids is 1. The van der Waals surface area contributed by atoms with Crippen molar-refractivity contribution < 1.29 is 14.7 Å². The number of aromatic nitrogens is 3. The fraction of sp³-hybridized carbons (Fsp3) is 0.238. The van der Waals surface area contributed by atoms with Gasteiger partial charge in [-0.2, -0.15) is 0 Å². The Morgan fingerprint density at radius 3 is 2.14 bits per heavy atom. The molecule has 0 spiro atoms. The lowest BCUT2D eigenvalue weighted by Crippen LogP contribution is -2.40. The van der Waals surface area contributed by atoms with Gasteiger partial charge in [-0.25, -0.2) is 9.67 Å². The van der Waals surface area contributed by atoms with E-state index in [1.807, 2.05) is 60.7 Å². The van der Waals surface area contributed by atoms with Crippen LogP contribution in [-0.4, -0.2) is 49.7 Å². The van der Waals surface area contributed by atoms with E-state index in [-0.39, 0.29) is 11.7 Å². The maximum absolute atomic E-state index is 12.9. The second-order valence-corrected chi connectivity index (χ2v) is 6.78. The zero-order chi connectivity index (χ0) is 19.5. The predicted octanol–water partition coefficient (Wildman–Crippen LogP) is 2.87. The van der Waals surface area contributed by atoms with E-state index in [0.29, 0.717) is 31.8 Å². The third-order valence-corrected chi connectivity index (χ3v) is 4.96. The number of nitrogens with zero attached hydrogens (tertiary/aromatic N) is 4. The van der Waals surface area contributed by atoms with Gasteiger partial charge in [0.05, 0.1) is 11.6 Å². The molecular formula is C21H20N4O3. The van der Waals surface area contributed by atoms with Crippen LogP contribution in [0.5, 0.6) is 0 Å². The molecule has 4 rings (SSSR count). The summed E-state index contributed by atoms with van der Waals surface area (Å²) in [5.74, 6) is -0.744. The highest BCUT2D eigenvalue weighted by Crippen LogP contribution is 2.23. The molecule has 2 aromatic carbocycles. The Labute approximate surface area is 162 Å². The zero-order valence-corrected chi connectivity index (χ0v) is 15.2. The average Bonchev–Trinajstić information content (AvgIpc) is 3.20. The summed E-state index contributed by atoms with van der Waals surface area (Å²) >= 11 is 0. The Morgan fingerprint density at radius 2 is 1.54 bits per heavy atom. The lowest BCUT2D eigenvalue weighted by Gasteiger charge is -2.29. The van der Waals surface area contributed by atoms with Gasteiger partial charge >= 0.3 is 5.97 Å². The first-order valence-electron chi connectivity index (χ1n) is 9.23. The van der Waals surface area contributed by atoms with Crippen LogP contribution in [0.25, 0.3) is 17.1 Å². The van der Waals surface area contributed by atoms with E-state index >= 15 is 0 Å². The topological polar surface area (TPSA) is 88.3 Å². The molecule has 0 bridgehead atoms. The van der Waals surface area contributed by atoms with Crippen molar-refractivity contribution in [2.45, 2.75) is 12.8 Å². The number of hydrogen-bond donors (Lipinski definition) is 1. The first-order chi connectivity index (χ1) is 13.6. The molecule has 0 saturated carbocycles. The summed E-state index contributed by atoms with van der Waals surface area (Å²) in [6.45, 7) is 0.798. The lowest BCUT2D eigenvalue weighted by atomic mass is 9.97. The van der Waals surface area contributed by atoms with Crippen LogP contribution in [0, 0.1) is 5.92 Å². The third-order valence-electron chi connectivity index (χ3n) is 4.96. The predicted molar refractivity (Wildman–Crippen MR) is 103 cm³/mol. The molecule has 1 fully saturated rings. The van der Waals surface area contributed by atoms with Crippen molar-refractivity contribution >= 4 is 11.9 Å². The number of carbonyl (C=O) groups excluding carboxylic acids is 1. The number of likely N-dealkylation sites (tertiary alicyclic amines) is 1. The quantitative estimate of drug-likeness (QED) is 0.756. The van der Waals surface area contributed by atoms with Crippen molar-refractivity contribution in [1.29, 1.82) is 0 Å². The standard InChI is InChI=1S/C21H20N4O3/c26-20(24-13-11-16(12-14-24)21(27)28)18-22-19(15-7-3-1-4-8-15)25(23-18)17-9-5-2-6-10-17/h1-10,16H,11-14H2,(H,27,28). The van der Waals surface area contributed by atoms with E-state index < -0.39 is 11.9 Å². The highest BCUT2D eigenvalue weighted by Gasteiger charge is 2.30. The van der Waals surface area contributed by atoms with E-state index in [9.17, 15) is 9.59 Å². The number of piperidine rings is 1. The number of amides is 1. The number of para-hydroxylation sites is 1. The van der Waals surface area contributed by atoms with E-state index in [0.717, 1.165) is 11.3 Å². The van der Waals surface area contributed by atoms with Crippen molar-refractivity contribution in [2.75, 3.05) is 13.1 Å². The fourth-order valence-electron chi connectivity index (χ4n) is 3.40. The molecule has 1 aliphatic heterocycles. The Kier molecular flexibility index (Phi) is 4.89. The molecule has 1 saturated heterocycles. The average molecular weight is 376 g/mol. The Morgan fingerprint density at radius 1 is 0.929 bits per heavy atom. The van der Waals surface area contributed by atoms with Crippen molar-refractivity contribution in [1.82, 2.24) is 19.7 Å². The first-order valence-corrected chi connectivity index (χ1v) is 9.23. The van der Waals surface area contributed by atoms with Gasteiger partial charge in [0.15, 0.2) is 5.82 Å². The molecule has 0 radical (unpaired) electrons. The third kappa shape index (κ3) is 3.51. The van der Waals surface area contributed by atoms with Crippen molar-refractivity contribution in [3.63, 3.8) is 0 Å². The number of benzene rings is 2. The van der Waals surface area contributed by atoms with Crippen LogP contribution in [0.3, 0.4) is 0 Å². The number of hydrogen-bond acceptors (Lipinski definition) is 4. The number of rotatable bonds is 4. The molecule has 1 aromatic heterocycles. The van der Waals surface area contributed by atoms with Gasteiger partial charge in [-0.15, -0.1) is 5.10 Å². The molecule has 0 unspecified atom stereocenters. The largest absolute Gasteiger partial charge is 0.481 e. The van der Waals surface area contributed by atoms with Gasteiger partial charge in [-0.05, 0) is 25.0 Å². The molecular weight excluding hydrogens is 356 g/mol. The maximum atomic E-state index is 12.9. The van der Waals surface area contributed by atoms with Gasteiger partial charge in [0.1, 0.15) is 0 Å². The minimum Gasteiger partial charge on any atom is -0.481 e. The summed E-state index contributed by atoms with van der Waals surface area (Å²) in [7, 11) is 0. The lowest BCUT2D eigenvalue weighted by molar-refractivity contribution is -0.143. The fourth-order valence-corrected chi connectivity index (χ4v) is 3.40. The molecule has 1 N–H and O–H groups in total. The number of aliphatic carboxylic acids is 1. The molecule has 1 amide bonds. The molecule has 142 valence electrons. The van der Waals surface area contributed by atoms with Crippen molar-refractivity contribution in [3.05, 3.63) is 66.5 Å². The van der Waals surface area contributed by atoms with Gasteiger partial charge < -0.3 is 10.0 Å². The van der Waals surface area contributed by atoms with E-state index in [2.05, 4.69) is 10.1 Å². The van der Waals surface area contributed by atoms with E-state index in [4.69, 9.17) is 5.11 Å². The Hall–Kier alpha value is -3.48. The summed E-state index contributed by atoms with van der Waals surface area (Å²) in [4.78, 5) is 30.2. The normalized spacial score (nSPS) is 14.8. The van der Waals surface area contributed by atoms with Gasteiger partial charge in [0.2, 0.25) is 5.82 Å². The molecule has 3 aromatic rings. The minimum atomic E-state index is -0.801. The summed E-state index contributed by atoms with van der Waals surface area (Å²) in [6.07, 6.45) is 0.901. The molecule has 1 aliphatic rings. The molecule has 28 heavy (non-hydrogen) atoms. The van der Waals surface area contributed by atoms with Gasteiger partial charge in [-0.1, -0.05) is 48.5 Å². The summed E-state index contributed by atoms with van der Waals surface area (Å²) in [6, 6.07) is 19.2. The first kappa shape index (κ1) is 17.9. The highest BCUT2D eigenvalue weighted by atomic mass is 16.4. The maximum Gasteiger partial charge on any atom is 0.306 e. The number of carbonyl (C=O) groups is 2. The van der Waals surface area contributed by atoms with Crippen LogP contribution >= 0.6 is 0 Å². The van der Waals surface area contributed by atoms with Crippen LogP contribution in [-0.2, 0) is 4.79 Å². The molecule has 2 heterocycles. The van der Waals surface area contributed by atoms with Crippen molar-refractivity contribution in [3.8, 4) is 17.1 Å². The SMILES string of the molecule is O=C(O)C1CCN(C(=O)c2nc(-c3ccccc3)n(-c3ccccc3)n2)CC1. The number of carboxylic acid groups (broad SMARTS) is 1. The highest BCUT2D eigenvalue weighted by molar-refractivity contribution is 5.91. The van der Waals surface area contributed by atoms with Crippen molar-refractivity contribution in [2.24, 2.45) is 5.92 Å². The van der Waals surface area contributed by atoms with Gasteiger partial charge in [0.25, 0.3) is 5.91 Å². The van der Waals surface area contributed by atoms with Crippen LogP contribution in [0.15, 0.2) is 60.7 Å². The summed E-state index contributed by atoms with van der Waals surface area (Å²) < 4.78 is 1.67. The van der Waals surface area contributed by atoms with Gasteiger partial charge in [0, 0.05) is 18.7 Å². The second-order valence-electron chi connectivity index (χ2n) is 6.78. The molecule has 0 aliphatic carbocycles. The smallest absolute Gasteiger partial charge is 0.306 e. The summed E-state index contributed by atoms with van der Waals surface area (Å²) in [5.41, 5.74) is 1.68. The van der Waals surface area contributed by atoms with Crippen LogP contribution in [0.4, 0.5) is 0 Å². The molecule has 0 atom stereocenters. The van der Waals surface area contributed by atoms with Crippen LogP contribution < -0.4 is 0 Å². The molecule has 7 nitrogen and oxygen atoms in total. The zero-order valence-electron chi connectivity index (χ0n) is 15.2. The summed E-state index contributed by atoms with van der Waals surface area (Å²) in [5, 5.41) is 13.6. The van der Waals surface area contributed by atoms with Gasteiger partial charge in [-0.3, -0.25) is 9.59 Å². The van der Waals surface area contributed by atoms with E-state index in [1.165, 1.54) is 0 Å². The second kappa shape index (κ2) is 7.64. The Bertz CT molecular complexity index is 920. The molecule has 7 heteroatoms. The monoisotopic (exact) mass is 376 g/mol. The van der Waals surface area contributed by atoms with E-state index in [1.54, 1.807) is 9.58 Å².